The van der Waals surface area contributed by atoms with Crippen molar-refractivity contribution >= 4 is 11.6 Å². The van der Waals surface area contributed by atoms with Crippen LogP contribution in [0.25, 0.3) is 0 Å². The van der Waals surface area contributed by atoms with Crippen molar-refractivity contribution in [2.45, 2.75) is 13.5 Å². The van der Waals surface area contributed by atoms with Crippen LogP contribution in [0.2, 0.25) is 0 Å². The molecule has 116 valence electrons. The first-order valence-corrected chi connectivity index (χ1v) is 7.47. The average molecular weight is 300 g/mol. The molecule has 5 heteroatoms. The molecular formula is C17H20N2O3. The Morgan fingerprint density at radius 2 is 2.09 bits per heavy atom. The van der Waals surface area contributed by atoms with E-state index in [9.17, 15) is 4.79 Å². The van der Waals surface area contributed by atoms with Crippen LogP contribution < -0.4 is 5.32 Å². The van der Waals surface area contributed by atoms with E-state index >= 15 is 0 Å². The molecule has 1 aliphatic heterocycles. The van der Waals surface area contributed by atoms with Gasteiger partial charge in [-0.25, -0.2) is 0 Å². The maximum atomic E-state index is 12.4. The van der Waals surface area contributed by atoms with E-state index in [2.05, 4.69) is 10.2 Å². The maximum Gasteiger partial charge on any atom is 0.291 e. The van der Waals surface area contributed by atoms with Crippen molar-refractivity contribution in [1.29, 1.82) is 0 Å². The number of furan rings is 1. The summed E-state index contributed by atoms with van der Waals surface area (Å²) < 4.78 is 10.7. The molecule has 0 radical (unpaired) electrons. The first-order valence-electron chi connectivity index (χ1n) is 7.47. The zero-order valence-corrected chi connectivity index (χ0v) is 12.7. The van der Waals surface area contributed by atoms with Gasteiger partial charge in [0, 0.05) is 30.9 Å². The van der Waals surface area contributed by atoms with Gasteiger partial charge in [-0.3, -0.25) is 9.69 Å². The van der Waals surface area contributed by atoms with E-state index in [1.165, 1.54) is 0 Å². The summed E-state index contributed by atoms with van der Waals surface area (Å²) in [7, 11) is 0. The molecular weight excluding hydrogens is 280 g/mol. The second-order valence-electron chi connectivity index (χ2n) is 5.49. The van der Waals surface area contributed by atoms with Crippen LogP contribution in [0.4, 0.5) is 5.69 Å². The fourth-order valence-corrected chi connectivity index (χ4v) is 2.57. The summed E-state index contributed by atoms with van der Waals surface area (Å²) in [4.78, 5) is 14.7. The lowest BCUT2D eigenvalue weighted by Crippen LogP contribution is -2.36. The Kier molecular flexibility index (Phi) is 4.56. The highest BCUT2D eigenvalue weighted by Gasteiger charge is 2.19. The maximum absolute atomic E-state index is 12.4. The summed E-state index contributed by atoms with van der Waals surface area (Å²) in [6.45, 7) is 5.93. The topological polar surface area (TPSA) is 54.7 Å². The Morgan fingerprint density at radius 1 is 1.27 bits per heavy atom. The van der Waals surface area contributed by atoms with Gasteiger partial charge in [-0.1, -0.05) is 12.1 Å². The predicted molar refractivity (Wildman–Crippen MR) is 83.9 cm³/mol. The first kappa shape index (κ1) is 14.8. The number of hydrogen-bond donors (Lipinski definition) is 1. The minimum Gasteiger partial charge on any atom is -0.459 e. The van der Waals surface area contributed by atoms with Crippen LogP contribution in [0.3, 0.4) is 0 Å². The van der Waals surface area contributed by atoms with Crippen LogP contribution in [0.5, 0.6) is 0 Å². The number of nitrogens with zero attached hydrogens (tertiary/aromatic N) is 1. The van der Waals surface area contributed by atoms with Gasteiger partial charge >= 0.3 is 0 Å². The third-order valence-corrected chi connectivity index (χ3v) is 3.73. The van der Waals surface area contributed by atoms with E-state index in [1.807, 2.05) is 37.3 Å². The number of carbonyl (C=O) groups is 1. The number of nitrogens with one attached hydrogen (secondary N) is 1. The number of benzene rings is 1. The molecule has 1 aliphatic rings. The molecule has 5 nitrogen and oxygen atoms in total. The van der Waals surface area contributed by atoms with E-state index in [0.717, 1.165) is 43.1 Å². The largest absolute Gasteiger partial charge is 0.459 e. The second kappa shape index (κ2) is 6.77. The number of hydrogen-bond acceptors (Lipinski definition) is 4. The summed E-state index contributed by atoms with van der Waals surface area (Å²) in [6, 6.07) is 9.58. The highest BCUT2D eigenvalue weighted by atomic mass is 16.5. The standard InChI is InChI=1S/C17H20N2O3/c1-13-3-2-4-15(11-13)18-17(20)16-14(5-8-22-16)12-19-6-9-21-10-7-19/h2-5,8,11H,6-7,9-10,12H2,1H3,(H,18,20). The Labute approximate surface area is 129 Å². The van der Waals surface area contributed by atoms with Gasteiger partial charge in [0.15, 0.2) is 5.76 Å². The molecule has 0 aliphatic carbocycles. The van der Waals surface area contributed by atoms with Gasteiger partial charge in [0.2, 0.25) is 0 Å². The second-order valence-corrected chi connectivity index (χ2v) is 5.49. The number of ether oxygens (including phenoxy) is 1. The van der Waals surface area contributed by atoms with Gasteiger partial charge < -0.3 is 14.5 Å². The molecule has 0 atom stereocenters. The van der Waals surface area contributed by atoms with Crippen LogP contribution in [-0.4, -0.2) is 37.1 Å². The van der Waals surface area contributed by atoms with Crippen molar-refractivity contribution in [2.24, 2.45) is 0 Å². The zero-order chi connectivity index (χ0) is 15.4. The Hall–Kier alpha value is -2.11. The van der Waals surface area contributed by atoms with Gasteiger partial charge in [0.1, 0.15) is 0 Å². The summed E-state index contributed by atoms with van der Waals surface area (Å²) >= 11 is 0. The van der Waals surface area contributed by atoms with Gasteiger partial charge in [-0.2, -0.15) is 0 Å². The number of amides is 1. The number of rotatable bonds is 4. The summed E-state index contributed by atoms with van der Waals surface area (Å²) in [5.41, 5.74) is 2.79. The molecule has 0 bridgehead atoms. The molecule has 2 aromatic rings. The Balaban J connectivity index is 1.69. The number of carbonyl (C=O) groups excluding carboxylic acids is 1. The molecule has 1 fully saturated rings. The number of anilines is 1. The third kappa shape index (κ3) is 3.55. The molecule has 2 heterocycles. The molecule has 3 rings (SSSR count). The number of morpholine rings is 1. The molecule has 1 saturated heterocycles. The lowest BCUT2D eigenvalue weighted by Gasteiger charge is -2.26. The quantitative estimate of drug-likeness (QED) is 0.943. The normalized spacial score (nSPS) is 15.7. The van der Waals surface area contributed by atoms with E-state index in [1.54, 1.807) is 6.26 Å². The average Bonchev–Trinajstić information content (AvgIpc) is 2.96. The smallest absolute Gasteiger partial charge is 0.291 e. The SMILES string of the molecule is Cc1cccc(NC(=O)c2occc2CN2CCOCC2)c1. The molecule has 1 amide bonds. The van der Waals surface area contributed by atoms with Gasteiger partial charge in [0.05, 0.1) is 19.5 Å². The third-order valence-electron chi connectivity index (χ3n) is 3.73. The van der Waals surface area contributed by atoms with Crippen LogP contribution in [0, 0.1) is 6.92 Å². The molecule has 0 spiro atoms. The summed E-state index contributed by atoms with van der Waals surface area (Å²) in [5.74, 6) is 0.173. The van der Waals surface area contributed by atoms with Crippen molar-refractivity contribution in [3.05, 3.63) is 53.5 Å². The monoisotopic (exact) mass is 300 g/mol. The fourth-order valence-electron chi connectivity index (χ4n) is 2.57. The Morgan fingerprint density at radius 3 is 2.86 bits per heavy atom. The van der Waals surface area contributed by atoms with Crippen molar-refractivity contribution in [3.8, 4) is 0 Å². The number of aryl methyl sites for hydroxylation is 1. The minimum atomic E-state index is -0.209. The van der Waals surface area contributed by atoms with Crippen LogP contribution in [0.1, 0.15) is 21.7 Å². The lowest BCUT2D eigenvalue weighted by molar-refractivity contribution is 0.0340. The first-order chi connectivity index (χ1) is 10.7. The van der Waals surface area contributed by atoms with Gasteiger partial charge in [0.25, 0.3) is 5.91 Å². The summed E-state index contributed by atoms with van der Waals surface area (Å²) in [5, 5.41) is 2.89. The minimum absolute atomic E-state index is 0.209. The van der Waals surface area contributed by atoms with Crippen LogP contribution in [-0.2, 0) is 11.3 Å². The van der Waals surface area contributed by atoms with Crippen molar-refractivity contribution in [2.75, 3.05) is 31.6 Å². The molecule has 22 heavy (non-hydrogen) atoms. The van der Waals surface area contributed by atoms with Crippen molar-refractivity contribution < 1.29 is 13.9 Å². The van der Waals surface area contributed by atoms with E-state index < -0.39 is 0 Å². The molecule has 0 saturated carbocycles. The molecule has 0 unspecified atom stereocenters. The Bertz CT molecular complexity index is 645. The fraction of sp³-hybridized carbons (Fsp3) is 0.353. The van der Waals surface area contributed by atoms with Gasteiger partial charge in [-0.05, 0) is 30.7 Å². The highest BCUT2D eigenvalue weighted by Crippen LogP contribution is 2.17. The van der Waals surface area contributed by atoms with E-state index in [-0.39, 0.29) is 5.91 Å². The molecule has 1 aromatic heterocycles. The van der Waals surface area contributed by atoms with Crippen molar-refractivity contribution in [1.82, 2.24) is 4.90 Å². The lowest BCUT2D eigenvalue weighted by atomic mass is 10.2. The van der Waals surface area contributed by atoms with E-state index in [0.29, 0.717) is 12.3 Å². The zero-order valence-electron chi connectivity index (χ0n) is 12.7. The van der Waals surface area contributed by atoms with Gasteiger partial charge in [-0.15, -0.1) is 0 Å². The van der Waals surface area contributed by atoms with E-state index in [4.69, 9.17) is 9.15 Å². The molecule has 1 aromatic carbocycles. The molecule has 1 N–H and O–H groups in total. The van der Waals surface area contributed by atoms with Crippen molar-refractivity contribution in [3.63, 3.8) is 0 Å². The highest BCUT2D eigenvalue weighted by molar-refractivity contribution is 6.03. The van der Waals surface area contributed by atoms with Crippen LogP contribution in [0.15, 0.2) is 41.0 Å². The van der Waals surface area contributed by atoms with Crippen LogP contribution >= 0.6 is 0 Å². The summed E-state index contributed by atoms with van der Waals surface area (Å²) in [6.07, 6.45) is 1.57. The predicted octanol–water partition coefficient (Wildman–Crippen LogP) is 2.67.